The number of aliphatic hydroxyl groups is 1. The van der Waals surface area contributed by atoms with Crippen LogP contribution in [-0.2, 0) is 11.8 Å². The third-order valence-corrected chi connectivity index (χ3v) is 4.19. The minimum Gasteiger partial charge on any atom is -0.385 e. The van der Waals surface area contributed by atoms with Crippen LogP contribution in [0, 0.1) is 12.8 Å². The van der Waals surface area contributed by atoms with Crippen molar-refractivity contribution in [3.8, 4) is 0 Å². The summed E-state index contributed by atoms with van der Waals surface area (Å²) in [6.45, 7) is 4.93. The van der Waals surface area contributed by atoms with E-state index in [4.69, 9.17) is 0 Å². The third kappa shape index (κ3) is 2.99. The van der Waals surface area contributed by atoms with Crippen LogP contribution in [0.3, 0.4) is 0 Å². The second kappa shape index (κ2) is 5.37. The monoisotopic (exact) mass is 287 g/mol. The normalized spacial score (nSPS) is 23.4. The molecule has 0 aromatic heterocycles. The van der Waals surface area contributed by atoms with E-state index in [1.54, 1.807) is 13.8 Å². The summed E-state index contributed by atoms with van der Waals surface area (Å²) in [7, 11) is 0. The first-order valence-electron chi connectivity index (χ1n) is 6.84. The lowest BCUT2D eigenvalue weighted by atomic mass is 9.77. The summed E-state index contributed by atoms with van der Waals surface area (Å²) in [6, 6.07) is 3.57. The van der Waals surface area contributed by atoms with Gasteiger partial charge in [0, 0.05) is 12.5 Å². The van der Waals surface area contributed by atoms with Gasteiger partial charge in [0.25, 0.3) is 0 Å². The molecule has 1 aromatic rings. The van der Waals surface area contributed by atoms with Crippen molar-refractivity contribution < 1.29 is 18.3 Å². The Labute approximate surface area is 117 Å². The number of piperidine rings is 1. The summed E-state index contributed by atoms with van der Waals surface area (Å²) in [5.41, 5.74) is -0.715. The maximum Gasteiger partial charge on any atom is 0.416 e. The standard InChI is InChI=1S/C15H20F3NO/c1-10-8-11(15(16,17)18)5-6-13(10)14(2,20)12-4-3-7-19-9-12/h5-6,8,12,19-20H,3-4,7,9H2,1-2H3. The molecule has 0 aliphatic carbocycles. The molecule has 2 atom stereocenters. The molecule has 0 spiro atoms. The minimum absolute atomic E-state index is 0.0201. The maximum atomic E-state index is 12.7. The molecular formula is C15H20F3NO. The lowest BCUT2D eigenvalue weighted by Crippen LogP contribution is -2.42. The first-order chi connectivity index (χ1) is 9.23. The Hall–Kier alpha value is -1.07. The van der Waals surface area contributed by atoms with Gasteiger partial charge in [-0.25, -0.2) is 0 Å². The molecule has 1 aliphatic rings. The molecule has 20 heavy (non-hydrogen) atoms. The van der Waals surface area contributed by atoms with Crippen LogP contribution < -0.4 is 5.32 Å². The molecule has 1 fully saturated rings. The summed E-state index contributed by atoms with van der Waals surface area (Å²) in [6.07, 6.45) is -2.50. The average molecular weight is 287 g/mol. The molecule has 0 radical (unpaired) electrons. The van der Waals surface area contributed by atoms with Crippen molar-refractivity contribution in [2.75, 3.05) is 13.1 Å². The van der Waals surface area contributed by atoms with Gasteiger partial charge in [0.2, 0.25) is 0 Å². The van der Waals surface area contributed by atoms with Crippen molar-refractivity contribution in [1.82, 2.24) is 5.32 Å². The van der Waals surface area contributed by atoms with Crippen LogP contribution in [0.4, 0.5) is 13.2 Å². The number of aryl methyl sites for hydroxylation is 1. The van der Waals surface area contributed by atoms with E-state index < -0.39 is 17.3 Å². The van der Waals surface area contributed by atoms with E-state index in [0.29, 0.717) is 17.7 Å². The van der Waals surface area contributed by atoms with E-state index in [9.17, 15) is 18.3 Å². The van der Waals surface area contributed by atoms with Crippen LogP contribution in [0.25, 0.3) is 0 Å². The summed E-state index contributed by atoms with van der Waals surface area (Å²) in [5.74, 6) is 0.0201. The molecular weight excluding hydrogens is 267 g/mol. The Bertz CT molecular complexity index is 476. The van der Waals surface area contributed by atoms with Crippen LogP contribution >= 0.6 is 0 Å². The van der Waals surface area contributed by atoms with Gasteiger partial charge in [-0.15, -0.1) is 0 Å². The Morgan fingerprint density at radius 3 is 2.50 bits per heavy atom. The fourth-order valence-corrected chi connectivity index (χ4v) is 2.96. The van der Waals surface area contributed by atoms with E-state index in [-0.39, 0.29) is 5.92 Å². The summed E-state index contributed by atoms with van der Waals surface area (Å²) < 4.78 is 38.0. The van der Waals surface area contributed by atoms with Crippen LogP contribution in [0.15, 0.2) is 18.2 Å². The zero-order chi connectivity index (χ0) is 15.0. The molecule has 1 aromatic carbocycles. The van der Waals surface area contributed by atoms with Gasteiger partial charge in [-0.05, 0) is 56.5 Å². The maximum absolute atomic E-state index is 12.7. The molecule has 0 saturated carbocycles. The number of halogens is 3. The largest absolute Gasteiger partial charge is 0.416 e. The number of hydrogen-bond donors (Lipinski definition) is 2. The first kappa shape index (κ1) is 15.3. The third-order valence-electron chi connectivity index (χ3n) is 4.19. The Balaban J connectivity index is 2.32. The van der Waals surface area contributed by atoms with E-state index in [1.807, 2.05) is 0 Å². The van der Waals surface area contributed by atoms with Crippen molar-refractivity contribution in [3.63, 3.8) is 0 Å². The highest BCUT2D eigenvalue weighted by atomic mass is 19.4. The molecule has 112 valence electrons. The van der Waals surface area contributed by atoms with E-state index >= 15 is 0 Å². The number of rotatable bonds is 2. The van der Waals surface area contributed by atoms with Gasteiger partial charge >= 0.3 is 6.18 Å². The van der Waals surface area contributed by atoms with Crippen molar-refractivity contribution in [1.29, 1.82) is 0 Å². The first-order valence-corrected chi connectivity index (χ1v) is 6.84. The average Bonchev–Trinajstić information content (AvgIpc) is 2.38. The molecule has 0 bridgehead atoms. The Morgan fingerprint density at radius 2 is 2.00 bits per heavy atom. The molecule has 1 saturated heterocycles. The lowest BCUT2D eigenvalue weighted by molar-refractivity contribution is -0.137. The minimum atomic E-state index is -4.35. The molecule has 2 nitrogen and oxygen atoms in total. The SMILES string of the molecule is Cc1cc(C(F)(F)F)ccc1C(C)(O)C1CCCNC1. The molecule has 1 aliphatic heterocycles. The van der Waals surface area contributed by atoms with Crippen molar-refractivity contribution in [2.45, 2.75) is 38.5 Å². The zero-order valence-corrected chi connectivity index (χ0v) is 11.7. The van der Waals surface area contributed by atoms with Gasteiger partial charge in [-0.2, -0.15) is 13.2 Å². The van der Waals surface area contributed by atoms with Crippen molar-refractivity contribution in [2.24, 2.45) is 5.92 Å². The molecule has 0 amide bonds. The van der Waals surface area contributed by atoms with E-state index in [1.165, 1.54) is 6.07 Å². The number of hydrogen-bond acceptors (Lipinski definition) is 2. The summed E-state index contributed by atoms with van der Waals surface area (Å²) >= 11 is 0. The molecule has 2 unspecified atom stereocenters. The second-order valence-corrected chi connectivity index (χ2v) is 5.72. The van der Waals surface area contributed by atoms with Gasteiger partial charge < -0.3 is 10.4 Å². The molecule has 2 rings (SSSR count). The summed E-state index contributed by atoms with van der Waals surface area (Å²) in [5, 5.41) is 14.0. The van der Waals surface area contributed by atoms with Gasteiger partial charge in [0.15, 0.2) is 0 Å². The Morgan fingerprint density at radius 1 is 1.30 bits per heavy atom. The molecule has 5 heteroatoms. The molecule has 2 N–H and O–H groups in total. The highest BCUT2D eigenvalue weighted by molar-refractivity contribution is 5.36. The van der Waals surface area contributed by atoms with Gasteiger partial charge in [-0.1, -0.05) is 6.07 Å². The number of nitrogens with one attached hydrogen (secondary N) is 1. The van der Waals surface area contributed by atoms with Crippen molar-refractivity contribution in [3.05, 3.63) is 34.9 Å². The lowest BCUT2D eigenvalue weighted by Gasteiger charge is -2.37. The van der Waals surface area contributed by atoms with Crippen LogP contribution in [0.5, 0.6) is 0 Å². The fraction of sp³-hybridized carbons (Fsp3) is 0.600. The van der Waals surface area contributed by atoms with E-state index in [2.05, 4.69) is 5.32 Å². The highest BCUT2D eigenvalue weighted by Crippen LogP contribution is 2.37. The predicted molar refractivity (Wildman–Crippen MR) is 71.3 cm³/mol. The predicted octanol–water partition coefficient (Wildman–Crippen LogP) is 3.22. The number of alkyl halides is 3. The van der Waals surface area contributed by atoms with Crippen LogP contribution in [0.2, 0.25) is 0 Å². The van der Waals surface area contributed by atoms with Gasteiger partial charge in [0.1, 0.15) is 0 Å². The van der Waals surface area contributed by atoms with Gasteiger partial charge in [0.05, 0.1) is 11.2 Å². The van der Waals surface area contributed by atoms with Gasteiger partial charge in [-0.3, -0.25) is 0 Å². The summed E-state index contributed by atoms with van der Waals surface area (Å²) in [4.78, 5) is 0. The van der Waals surface area contributed by atoms with E-state index in [0.717, 1.165) is 31.5 Å². The number of benzene rings is 1. The fourth-order valence-electron chi connectivity index (χ4n) is 2.96. The zero-order valence-electron chi connectivity index (χ0n) is 11.7. The van der Waals surface area contributed by atoms with Crippen LogP contribution in [0.1, 0.15) is 36.5 Å². The quantitative estimate of drug-likeness (QED) is 0.875. The second-order valence-electron chi connectivity index (χ2n) is 5.72. The van der Waals surface area contributed by atoms with Crippen molar-refractivity contribution >= 4 is 0 Å². The van der Waals surface area contributed by atoms with Crippen LogP contribution in [-0.4, -0.2) is 18.2 Å². The Kier molecular flexibility index (Phi) is 4.12. The highest BCUT2D eigenvalue weighted by Gasteiger charge is 2.37. The molecule has 1 heterocycles. The topological polar surface area (TPSA) is 32.3 Å². The smallest absolute Gasteiger partial charge is 0.385 e.